The number of carbonyl (C=O) groups is 1. The molecule has 7 heteroatoms. The molecule has 0 saturated heterocycles. The standard InChI is InChI=1S/C15H12Cl3NO3/c1-21-13-4-3-8(16)7-12(13)19-15(20)10-5-9(17)6-11(18)14(10)22-2/h3-7H,1-2H3,(H,19,20). The molecule has 4 nitrogen and oxygen atoms in total. The van der Waals surface area contributed by atoms with Gasteiger partial charge in [0, 0.05) is 10.0 Å². The molecule has 0 radical (unpaired) electrons. The van der Waals surface area contributed by atoms with Gasteiger partial charge in [-0.25, -0.2) is 0 Å². The summed E-state index contributed by atoms with van der Waals surface area (Å²) in [6, 6.07) is 7.86. The van der Waals surface area contributed by atoms with Gasteiger partial charge in [-0.1, -0.05) is 34.8 Å². The third kappa shape index (κ3) is 3.58. The number of hydrogen-bond acceptors (Lipinski definition) is 3. The second-order valence-electron chi connectivity index (χ2n) is 4.27. The molecule has 0 unspecified atom stereocenters. The van der Waals surface area contributed by atoms with Gasteiger partial charge in [-0.2, -0.15) is 0 Å². The van der Waals surface area contributed by atoms with Gasteiger partial charge in [-0.3, -0.25) is 4.79 Å². The Morgan fingerprint density at radius 3 is 2.36 bits per heavy atom. The Bertz CT molecular complexity index is 719. The summed E-state index contributed by atoms with van der Waals surface area (Å²) in [4.78, 5) is 12.5. The Morgan fingerprint density at radius 1 is 1.00 bits per heavy atom. The molecular formula is C15H12Cl3NO3. The number of amides is 1. The van der Waals surface area contributed by atoms with Crippen LogP contribution < -0.4 is 14.8 Å². The molecule has 0 saturated carbocycles. The van der Waals surface area contributed by atoms with Crippen molar-refractivity contribution in [3.05, 3.63) is 51.0 Å². The van der Waals surface area contributed by atoms with Crippen molar-refractivity contribution in [2.24, 2.45) is 0 Å². The number of hydrogen-bond donors (Lipinski definition) is 1. The van der Waals surface area contributed by atoms with E-state index >= 15 is 0 Å². The minimum absolute atomic E-state index is 0.210. The molecular weight excluding hydrogens is 349 g/mol. The zero-order chi connectivity index (χ0) is 16.3. The molecule has 0 bridgehead atoms. The molecule has 2 rings (SSSR count). The second kappa shape index (κ2) is 7.09. The van der Waals surface area contributed by atoms with E-state index in [1.807, 2.05) is 0 Å². The van der Waals surface area contributed by atoms with E-state index in [4.69, 9.17) is 44.3 Å². The first kappa shape index (κ1) is 16.7. The number of carbonyl (C=O) groups excluding carboxylic acids is 1. The highest BCUT2D eigenvalue weighted by atomic mass is 35.5. The molecule has 0 aromatic heterocycles. The van der Waals surface area contributed by atoms with Crippen molar-refractivity contribution < 1.29 is 14.3 Å². The number of rotatable bonds is 4. The highest BCUT2D eigenvalue weighted by Gasteiger charge is 2.18. The molecule has 22 heavy (non-hydrogen) atoms. The Balaban J connectivity index is 2.40. The fraction of sp³-hybridized carbons (Fsp3) is 0.133. The molecule has 116 valence electrons. The third-order valence-corrected chi connectivity index (χ3v) is 3.60. The predicted octanol–water partition coefficient (Wildman–Crippen LogP) is 4.92. The van der Waals surface area contributed by atoms with Crippen LogP contribution in [0.5, 0.6) is 11.5 Å². The van der Waals surface area contributed by atoms with Crippen LogP contribution in [0.3, 0.4) is 0 Å². The number of ether oxygens (including phenoxy) is 2. The average molecular weight is 361 g/mol. The molecule has 0 heterocycles. The second-order valence-corrected chi connectivity index (χ2v) is 5.55. The zero-order valence-corrected chi connectivity index (χ0v) is 14.0. The number of benzene rings is 2. The van der Waals surface area contributed by atoms with Crippen LogP contribution in [-0.4, -0.2) is 20.1 Å². The largest absolute Gasteiger partial charge is 0.495 e. The highest BCUT2D eigenvalue weighted by molar-refractivity contribution is 6.36. The van der Waals surface area contributed by atoms with Crippen LogP contribution in [0.1, 0.15) is 10.4 Å². The Kier molecular flexibility index (Phi) is 5.40. The van der Waals surface area contributed by atoms with Crippen molar-refractivity contribution in [1.82, 2.24) is 0 Å². The van der Waals surface area contributed by atoms with Crippen LogP contribution in [0.25, 0.3) is 0 Å². The summed E-state index contributed by atoms with van der Waals surface area (Å²) in [6.07, 6.45) is 0. The van der Waals surface area contributed by atoms with Gasteiger partial charge >= 0.3 is 0 Å². The lowest BCUT2D eigenvalue weighted by Crippen LogP contribution is -2.14. The van der Waals surface area contributed by atoms with Crippen LogP contribution in [0, 0.1) is 0 Å². The molecule has 0 atom stereocenters. The van der Waals surface area contributed by atoms with Gasteiger partial charge in [0.2, 0.25) is 0 Å². The molecule has 2 aromatic rings. The lowest BCUT2D eigenvalue weighted by Gasteiger charge is -2.13. The number of halogens is 3. The van der Waals surface area contributed by atoms with Crippen molar-refractivity contribution >= 4 is 46.4 Å². The SMILES string of the molecule is COc1ccc(Cl)cc1NC(=O)c1cc(Cl)cc(Cl)c1OC. The van der Waals surface area contributed by atoms with Crippen LogP contribution in [0.4, 0.5) is 5.69 Å². The molecule has 2 aromatic carbocycles. The molecule has 0 aliphatic carbocycles. The van der Waals surface area contributed by atoms with E-state index in [0.717, 1.165) is 0 Å². The summed E-state index contributed by atoms with van der Waals surface area (Å²) in [6.45, 7) is 0. The van der Waals surface area contributed by atoms with E-state index in [1.165, 1.54) is 26.4 Å². The van der Waals surface area contributed by atoms with Gasteiger partial charge < -0.3 is 14.8 Å². The summed E-state index contributed by atoms with van der Waals surface area (Å²) >= 11 is 17.9. The quantitative estimate of drug-likeness (QED) is 0.842. The lowest BCUT2D eigenvalue weighted by molar-refractivity contribution is 0.102. The van der Waals surface area contributed by atoms with Crippen LogP contribution in [0.15, 0.2) is 30.3 Å². The Hall–Kier alpha value is -1.62. The van der Waals surface area contributed by atoms with E-state index in [1.54, 1.807) is 18.2 Å². The number of anilines is 1. The van der Waals surface area contributed by atoms with E-state index < -0.39 is 5.91 Å². The van der Waals surface area contributed by atoms with Crippen molar-refractivity contribution in [3.63, 3.8) is 0 Å². The Morgan fingerprint density at radius 2 is 1.73 bits per heavy atom. The molecule has 0 aliphatic rings. The first-order valence-electron chi connectivity index (χ1n) is 6.14. The zero-order valence-electron chi connectivity index (χ0n) is 11.7. The van der Waals surface area contributed by atoms with Gasteiger partial charge in [0.15, 0.2) is 0 Å². The van der Waals surface area contributed by atoms with Gasteiger partial charge in [-0.05, 0) is 30.3 Å². The van der Waals surface area contributed by atoms with Crippen molar-refractivity contribution in [2.75, 3.05) is 19.5 Å². The van der Waals surface area contributed by atoms with E-state index in [-0.39, 0.29) is 16.3 Å². The minimum Gasteiger partial charge on any atom is -0.495 e. The van der Waals surface area contributed by atoms with Crippen molar-refractivity contribution in [3.8, 4) is 11.5 Å². The monoisotopic (exact) mass is 359 g/mol. The third-order valence-electron chi connectivity index (χ3n) is 2.87. The maximum absolute atomic E-state index is 12.5. The van der Waals surface area contributed by atoms with Gasteiger partial charge in [0.1, 0.15) is 11.5 Å². The molecule has 0 spiro atoms. The van der Waals surface area contributed by atoms with E-state index in [0.29, 0.717) is 21.5 Å². The summed E-state index contributed by atoms with van der Waals surface area (Å²) in [5.74, 6) is 0.274. The van der Waals surface area contributed by atoms with E-state index in [9.17, 15) is 4.79 Å². The summed E-state index contributed by atoms with van der Waals surface area (Å²) < 4.78 is 10.3. The maximum atomic E-state index is 12.5. The number of methoxy groups -OCH3 is 2. The lowest BCUT2D eigenvalue weighted by atomic mass is 10.1. The minimum atomic E-state index is -0.443. The number of nitrogens with one attached hydrogen (secondary N) is 1. The average Bonchev–Trinajstić information content (AvgIpc) is 2.46. The molecule has 1 N–H and O–H groups in total. The smallest absolute Gasteiger partial charge is 0.259 e. The van der Waals surface area contributed by atoms with Crippen LogP contribution in [-0.2, 0) is 0 Å². The van der Waals surface area contributed by atoms with Crippen molar-refractivity contribution in [1.29, 1.82) is 0 Å². The summed E-state index contributed by atoms with van der Waals surface area (Å²) in [5.41, 5.74) is 0.639. The molecule has 1 amide bonds. The fourth-order valence-electron chi connectivity index (χ4n) is 1.90. The summed E-state index contributed by atoms with van der Waals surface area (Å²) in [5, 5.41) is 3.74. The topological polar surface area (TPSA) is 47.6 Å². The van der Waals surface area contributed by atoms with Crippen LogP contribution >= 0.6 is 34.8 Å². The summed E-state index contributed by atoms with van der Waals surface area (Å²) in [7, 11) is 2.92. The first-order valence-corrected chi connectivity index (χ1v) is 7.27. The fourth-order valence-corrected chi connectivity index (χ4v) is 2.65. The normalized spacial score (nSPS) is 10.2. The van der Waals surface area contributed by atoms with Gasteiger partial charge in [-0.15, -0.1) is 0 Å². The molecule has 0 fully saturated rings. The van der Waals surface area contributed by atoms with E-state index in [2.05, 4.69) is 5.32 Å². The Labute approximate surface area is 142 Å². The van der Waals surface area contributed by atoms with Gasteiger partial charge in [0.25, 0.3) is 5.91 Å². The first-order chi connectivity index (χ1) is 10.5. The predicted molar refractivity (Wildman–Crippen MR) is 89.0 cm³/mol. The van der Waals surface area contributed by atoms with Crippen LogP contribution in [0.2, 0.25) is 15.1 Å². The highest BCUT2D eigenvalue weighted by Crippen LogP contribution is 2.34. The van der Waals surface area contributed by atoms with Gasteiger partial charge in [0.05, 0.1) is 30.5 Å². The van der Waals surface area contributed by atoms with Crippen molar-refractivity contribution in [2.45, 2.75) is 0 Å². The maximum Gasteiger partial charge on any atom is 0.259 e. The molecule has 0 aliphatic heterocycles.